The van der Waals surface area contributed by atoms with Crippen LogP contribution >= 0.6 is 11.6 Å². The normalized spacial score (nSPS) is 10.3. The number of nitro groups is 1. The van der Waals surface area contributed by atoms with Crippen LogP contribution in [0, 0.1) is 17.0 Å². The maximum atomic E-state index is 10.7. The highest BCUT2D eigenvalue weighted by molar-refractivity contribution is 6.16. The highest BCUT2D eigenvalue weighted by atomic mass is 35.5. The number of alkyl halides is 1. The average molecular weight is 264 g/mol. The quantitative estimate of drug-likeness (QED) is 0.485. The Bertz CT molecular complexity index is 602. The number of hydrogen-bond acceptors (Lipinski definition) is 4. The van der Waals surface area contributed by atoms with Crippen LogP contribution in [0.15, 0.2) is 30.3 Å². The fourth-order valence-corrected chi connectivity index (χ4v) is 1.73. The minimum atomic E-state index is -0.443. The maximum Gasteiger partial charge on any atom is 0.270 e. The maximum absolute atomic E-state index is 10.7. The van der Waals surface area contributed by atoms with Crippen LogP contribution in [0.2, 0.25) is 0 Å². The number of benzene rings is 1. The third-order valence-corrected chi connectivity index (χ3v) is 2.63. The van der Waals surface area contributed by atoms with Crippen molar-refractivity contribution in [3.05, 3.63) is 51.8 Å². The zero-order valence-electron chi connectivity index (χ0n) is 9.63. The predicted octanol–water partition coefficient (Wildman–Crippen LogP) is 3.10. The summed E-state index contributed by atoms with van der Waals surface area (Å²) in [7, 11) is 0. The lowest BCUT2D eigenvalue weighted by atomic mass is 10.2. The van der Waals surface area contributed by atoms with E-state index in [1.165, 1.54) is 12.1 Å². The van der Waals surface area contributed by atoms with Gasteiger partial charge in [-0.15, -0.1) is 11.6 Å². The lowest BCUT2D eigenvalue weighted by Gasteiger charge is -2.04. The van der Waals surface area contributed by atoms with Crippen molar-refractivity contribution in [2.75, 3.05) is 0 Å². The van der Waals surface area contributed by atoms with E-state index in [9.17, 15) is 10.1 Å². The summed E-state index contributed by atoms with van der Waals surface area (Å²) in [5.41, 5.74) is 2.11. The van der Waals surface area contributed by atoms with Gasteiger partial charge in [0.25, 0.3) is 5.69 Å². The van der Waals surface area contributed by atoms with Crippen molar-refractivity contribution < 1.29 is 4.92 Å². The van der Waals surface area contributed by atoms with Gasteiger partial charge in [-0.25, -0.2) is 9.97 Å². The molecule has 5 nitrogen and oxygen atoms in total. The molecule has 0 atom stereocenters. The van der Waals surface area contributed by atoms with Crippen LogP contribution < -0.4 is 0 Å². The molecule has 0 saturated carbocycles. The molecular weight excluding hydrogens is 254 g/mol. The Morgan fingerprint density at radius 2 is 2.11 bits per heavy atom. The molecule has 0 saturated heterocycles. The summed E-state index contributed by atoms with van der Waals surface area (Å²) in [6.07, 6.45) is 0. The Balaban J connectivity index is 2.51. The summed E-state index contributed by atoms with van der Waals surface area (Å²) in [4.78, 5) is 18.8. The number of rotatable bonds is 3. The molecule has 0 amide bonds. The molecule has 0 unspecified atom stereocenters. The van der Waals surface area contributed by atoms with Crippen molar-refractivity contribution in [3.63, 3.8) is 0 Å². The molecule has 0 radical (unpaired) electrons. The van der Waals surface area contributed by atoms with E-state index in [0.29, 0.717) is 17.1 Å². The lowest BCUT2D eigenvalue weighted by Crippen LogP contribution is -1.97. The minimum Gasteiger partial charge on any atom is -0.258 e. The number of aromatic nitrogens is 2. The van der Waals surface area contributed by atoms with E-state index in [4.69, 9.17) is 11.6 Å². The lowest BCUT2D eigenvalue weighted by molar-refractivity contribution is -0.384. The van der Waals surface area contributed by atoms with Crippen molar-refractivity contribution in [3.8, 4) is 11.4 Å². The van der Waals surface area contributed by atoms with Gasteiger partial charge < -0.3 is 0 Å². The molecule has 1 heterocycles. The van der Waals surface area contributed by atoms with Crippen LogP contribution in [0.1, 0.15) is 11.4 Å². The first-order valence-corrected chi connectivity index (χ1v) is 5.79. The molecule has 2 rings (SSSR count). The van der Waals surface area contributed by atoms with Crippen molar-refractivity contribution in [2.45, 2.75) is 12.8 Å². The molecule has 0 bridgehead atoms. The van der Waals surface area contributed by atoms with Gasteiger partial charge in [0.2, 0.25) is 0 Å². The van der Waals surface area contributed by atoms with Crippen molar-refractivity contribution in [1.82, 2.24) is 9.97 Å². The molecule has 0 fully saturated rings. The first-order valence-electron chi connectivity index (χ1n) is 5.25. The summed E-state index contributed by atoms with van der Waals surface area (Å²) in [5, 5.41) is 10.7. The van der Waals surface area contributed by atoms with E-state index in [2.05, 4.69) is 9.97 Å². The Kier molecular flexibility index (Phi) is 3.53. The molecule has 0 spiro atoms. The number of nitro benzene ring substituents is 1. The van der Waals surface area contributed by atoms with Crippen LogP contribution in [0.25, 0.3) is 11.4 Å². The molecule has 18 heavy (non-hydrogen) atoms. The Hall–Kier alpha value is -2.01. The Morgan fingerprint density at radius 1 is 1.33 bits per heavy atom. The van der Waals surface area contributed by atoms with Crippen LogP contribution in [-0.2, 0) is 5.88 Å². The van der Waals surface area contributed by atoms with E-state index in [0.717, 1.165) is 5.69 Å². The van der Waals surface area contributed by atoms with Gasteiger partial charge in [0, 0.05) is 23.4 Å². The van der Waals surface area contributed by atoms with Crippen LogP contribution in [0.4, 0.5) is 5.69 Å². The number of nitrogens with zero attached hydrogens (tertiary/aromatic N) is 3. The summed E-state index contributed by atoms with van der Waals surface area (Å²) in [5.74, 6) is 0.736. The van der Waals surface area contributed by atoms with Gasteiger partial charge in [-0.1, -0.05) is 12.1 Å². The molecule has 0 aliphatic rings. The first-order chi connectivity index (χ1) is 8.60. The van der Waals surface area contributed by atoms with E-state index in [-0.39, 0.29) is 11.6 Å². The molecular formula is C12H10ClN3O2. The molecule has 0 N–H and O–H groups in total. The molecule has 0 aliphatic carbocycles. The zero-order valence-corrected chi connectivity index (χ0v) is 10.4. The molecule has 92 valence electrons. The zero-order chi connectivity index (χ0) is 13.1. The summed E-state index contributed by atoms with van der Waals surface area (Å²) in [6, 6.07) is 8.02. The van der Waals surface area contributed by atoms with E-state index < -0.39 is 4.92 Å². The van der Waals surface area contributed by atoms with E-state index in [1.54, 1.807) is 18.2 Å². The molecule has 2 aromatic rings. The highest BCUT2D eigenvalue weighted by Gasteiger charge is 2.10. The van der Waals surface area contributed by atoms with Crippen molar-refractivity contribution in [2.24, 2.45) is 0 Å². The standard InChI is InChI=1S/C12H10ClN3O2/c1-8-5-10(7-13)15-12(14-8)9-3-2-4-11(6-9)16(17)18/h2-6H,7H2,1H3. The smallest absolute Gasteiger partial charge is 0.258 e. The molecule has 1 aromatic heterocycles. The second kappa shape index (κ2) is 5.10. The van der Waals surface area contributed by atoms with Crippen molar-refractivity contribution in [1.29, 1.82) is 0 Å². The van der Waals surface area contributed by atoms with E-state index in [1.807, 2.05) is 6.92 Å². The second-order valence-corrected chi connectivity index (χ2v) is 4.03. The summed E-state index contributed by atoms with van der Waals surface area (Å²) < 4.78 is 0. The fourth-order valence-electron chi connectivity index (χ4n) is 1.59. The Morgan fingerprint density at radius 3 is 2.78 bits per heavy atom. The third kappa shape index (κ3) is 2.62. The first kappa shape index (κ1) is 12.4. The number of aryl methyl sites for hydroxylation is 1. The van der Waals surface area contributed by atoms with Crippen LogP contribution in [-0.4, -0.2) is 14.9 Å². The Labute approximate surface area is 109 Å². The summed E-state index contributed by atoms with van der Waals surface area (Å²) >= 11 is 5.74. The fraction of sp³-hybridized carbons (Fsp3) is 0.167. The number of hydrogen-bond donors (Lipinski definition) is 0. The van der Waals surface area contributed by atoms with Crippen LogP contribution in [0.3, 0.4) is 0 Å². The largest absolute Gasteiger partial charge is 0.270 e. The second-order valence-electron chi connectivity index (χ2n) is 3.77. The SMILES string of the molecule is Cc1cc(CCl)nc(-c2cccc([N+](=O)[O-])c2)n1. The topological polar surface area (TPSA) is 68.9 Å². The van der Waals surface area contributed by atoms with Gasteiger partial charge in [0.05, 0.1) is 16.5 Å². The third-order valence-electron chi connectivity index (χ3n) is 2.36. The monoisotopic (exact) mass is 263 g/mol. The average Bonchev–Trinajstić information content (AvgIpc) is 2.38. The van der Waals surface area contributed by atoms with Crippen molar-refractivity contribution >= 4 is 17.3 Å². The van der Waals surface area contributed by atoms with Gasteiger partial charge >= 0.3 is 0 Å². The van der Waals surface area contributed by atoms with Gasteiger partial charge in [-0.2, -0.15) is 0 Å². The molecule has 0 aliphatic heterocycles. The summed E-state index contributed by atoms with van der Waals surface area (Å²) in [6.45, 7) is 1.83. The number of non-ortho nitro benzene ring substituents is 1. The number of halogens is 1. The van der Waals surface area contributed by atoms with Gasteiger partial charge in [0.1, 0.15) is 0 Å². The van der Waals surface area contributed by atoms with Gasteiger partial charge in [-0.05, 0) is 13.0 Å². The van der Waals surface area contributed by atoms with E-state index >= 15 is 0 Å². The predicted molar refractivity (Wildman–Crippen MR) is 68.4 cm³/mol. The van der Waals surface area contributed by atoms with Gasteiger partial charge in [-0.3, -0.25) is 10.1 Å². The van der Waals surface area contributed by atoms with Crippen LogP contribution in [0.5, 0.6) is 0 Å². The molecule has 6 heteroatoms. The van der Waals surface area contributed by atoms with Gasteiger partial charge in [0.15, 0.2) is 5.82 Å². The highest BCUT2D eigenvalue weighted by Crippen LogP contribution is 2.21. The molecule has 1 aromatic carbocycles. The minimum absolute atomic E-state index is 0.0185.